The van der Waals surface area contributed by atoms with Crippen molar-refractivity contribution in [3.05, 3.63) is 0 Å². The van der Waals surface area contributed by atoms with Gasteiger partial charge >= 0.3 is 0 Å². The van der Waals surface area contributed by atoms with Crippen LogP contribution in [0.2, 0.25) is 0 Å². The van der Waals surface area contributed by atoms with E-state index in [2.05, 4.69) is 12.2 Å². The van der Waals surface area contributed by atoms with Crippen molar-refractivity contribution in [2.45, 2.75) is 26.2 Å². The molecule has 1 unspecified atom stereocenters. The smallest absolute Gasteiger partial charge is 0.236 e. The number of hydrogen-bond acceptors (Lipinski definition) is 3. The molecule has 1 atom stereocenters. The van der Waals surface area contributed by atoms with Crippen LogP contribution in [0.25, 0.3) is 0 Å². The van der Waals surface area contributed by atoms with Crippen molar-refractivity contribution < 1.29 is 4.79 Å². The fourth-order valence-electron chi connectivity index (χ4n) is 2.35. The Bertz CT molecular complexity index is 225. The third-order valence-electron chi connectivity index (χ3n) is 3.18. The number of nitrogens with one attached hydrogen (secondary N) is 1. The molecule has 1 heterocycles. The normalized spacial score (nSPS) is 20.6. The molecule has 1 aliphatic heterocycles. The summed E-state index contributed by atoms with van der Waals surface area (Å²) in [5.74, 6) is 0.906. The van der Waals surface area contributed by atoms with Gasteiger partial charge in [0.05, 0.1) is 6.54 Å². The summed E-state index contributed by atoms with van der Waals surface area (Å²) in [6.07, 6.45) is 3.54. The lowest BCUT2D eigenvalue weighted by atomic mass is 9.99. The third-order valence-corrected chi connectivity index (χ3v) is 3.18. The van der Waals surface area contributed by atoms with Crippen LogP contribution in [0.15, 0.2) is 0 Å². The molecule has 0 aromatic carbocycles. The topological polar surface area (TPSA) is 35.6 Å². The van der Waals surface area contributed by atoms with Crippen molar-refractivity contribution in [2.75, 3.05) is 46.8 Å². The second-order valence-electron chi connectivity index (χ2n) is 5.29. The van der Waals surface area contributed by atoms with Crippen LogP contribution in [0.3, 0.4) is 0 Å². The molecule has 0 aromatic heterocycles. The van der Waals surface area contributed by atoms with Gasteiger partial charge in [0.25, 0.3) is 0 Å². The number of carbonyl (C=O) groups excluding carboxylic acids is 1. The van der Waals surface area contributed by atoms with Gasteiger partial charge in [0.2, 0.25) is 5.91 Å². The van der Waals surface area contributed by atoms with Crippen molar-refractivity contribution in [2.24, 2.45) is 5.92 Å². The van der Waals surface area contributed by atoms with E-state index in [0.29, 0.717) is 12.5 Å². The summed E-state index contributed by atoms with van der Waals surface area (Å²) in [5, 5.41) is 3.41. The van der Waals surface area contributed by atoms with E-state index in [9.17, 15) is 4.79 Å². The highest BCUT2D eigenvalue weighted by molar-refractivity contribution is 5.78. The first kappa shape index (κ1) is 14.5. The maximum Gasteiger partial charge on any atom is 0.236 e. The predicted molar refractivity (Wildman–Crippen MR) is 71.0 cm³/mol. The Morgan fingerprint density at radius 3 is 2.71 bits per heavy atom. The van der Waals surface area contributed by atoms with Gasteiger partial charge in [-0.3, -0.25) is 4.79 Å². The van der Waals surface area contributed by atoms with Gasteiger partial charge < -0.3 is 15.1 Å². The van der Waals surface area contributed by atoms with E-state index >= 15 is 0 Å². The van der Waals surface area contributed by atoms with Gasteiger partial charge in [-0.25, -0.2) is 0 Å². The van der Waals surface area contributed by atoms with Crippen molar-refractivity contribution in [3.8, 4) is 0 Å². The lowest BCUT2D eigenvalue weighted by Crippen LogP contribution is -2.44. The second-order valence-corrected chi connectivity index (χ2v) is 5.29. The Morgan fingerprint density at radius 2 is 2.18 bits per heavy atom. The molecule has 1 fully saturated rings. The van der Waals surface area contributed by atoms with E-state index in [1.807, 2.05) is 23.9 Å². The zero-order chi connectivity index (χ0) is 12.7. The zero-order valence-electron chi connectivity index (χ0n) is 11.5. The molecule has 0 bridgehead atoms. The van der Waals surface area contributed by atoms with E-state index in [-0.39, 0.29) is 5.91 Å². The highest BCUT2D eigenvalue weighted by atomic mass is 16.2. The summed E-state index contributed by atoms with van der Waals surface area (Å²) in [5.41, 5.74) is 0. The summed E-state index contributed by atoms with van der Waals surface area (Å²) in [4.78, 5) is 16.1. The minimum absolute atomic E-state index is 0.266. The predicted octanol–water partition coefficient (Wildman–Crippen LogP) is 0.786. The number of nitrogens with zero attached hydrogens (tertiary/aromatic N) is 2. The first-order valence-corrected chi connectivity index (χ1v) is 6.76. The lowest BCUT2D eigenvalue weighted by Gasteiger charge is -2.30. The van der Waals surface area contributed by atoms with Crippen molar-refractivity contribution in [1.82, 2.24) is 15.1 Å². The average Bonchev–Trinajstić information content (AvgIpc) is 2.29. The molecule has 0 saturated carbocycles. The van der Waals surface area contributed by atoms with Crippen molar-refractivity contribution >= 4 is 5.91 Å². The Kier molecular flexibility index (Phi) is 6.52. The van der Waals surface area contributed by atoms with Gasteiger partial charge in [0.1, 0.15) is 0 Å². The number of likely N-dealkylation sites (N-methyl/N-ethyl adjacent to an activating group) is 1. The largest absolute Gasteiger partial charge is 0.341 e. The maximum atomic E-state index is 12.1. The molecule has 4 heteroatoms. The molecule has 1 saturated heterocycles. The maximum absolute atomic E-state index is 12.1. The van der Waals surface area contributed by atoms with Crippen LogP contribution < -0.4 is 5.32 Å². The third kappa shape index (κ3) is 5.50. The fourth-order valence-corrected chi connectivity index (χ4v) is 2.35. The Hall–Kier alpha value is -0.610. The van der Waals surface area contributed by atoms with Crippen LogP contribution >= 0.6 is 0 Å². The van der Waals surface area contributed by atoms with Gasteiger partial charge in [-0.15, -0.1) is 0 Å². The van der Waals surface area contributed by atoms with Crippen LogP contribution in [0.5, 0.6) is 0 Å². The van der Waals surface area contributed by atoms with E-state index in [0.717, 1.165) is 32.6 Å². The standard InChI is InChI=1S/C13H27N3O/c1-4-8-16(13(17)11-15(2)3)10-12-6-5-7-14-9-12/h12,14H,4-11H2,1-3H3. The molecule has 1 amide bonds. The van der Waals surface area contributed by atoms with Crippen LogP contribution in [0.1, 0.15) is 26.2 Å². The highest BCUT2D eigenvalue weighted by Crippen LogP contribution is 2.12. The van der Waals surface area contributed by atoms with E-state index in [1.165, 1.54) is 12.8 Å². The minimum Gasteiger partial charge on any atom is -0.341 e. The average molecular weight is 241 g/mol. The quantitative estimate of drug-likeness (QED) is 0.747. The molecule has 17 heavy (non-hydrogen) atoms. The molecular weight excluding hydrogens is 214 g/mol. The Balaban J connectivity index is 2.43. The molecule has 0 radical (unpaired) electrons. The molecule has 0 spiro atoms. The molecule has 0 aliphatic carbocycles. The fraction of sp³-hybridized carbons (Fsp3) is 0.923. The van der Waals surface area contributed by atoms with Crippen molar-refractivity contribution in [1.29, 1.82) is 0 Å². The monoisotopic (exact) mass is 241 g/mol. The van der Waals surface area contributed by atoms with Crippen molar-refractivity contribution in [3.63, 3.8) is 0 Å². The number of rotatable bonds is 6. The SMILES string of the molecule is CCCN(CC1CCCNC1)C(=O)CN(C)C. The number of amides is 1. The molecular formula is C13H27N3O. The Labute approximate surface area is 105 Å². The van der Waals surface area contributed by atoms with Gasteiger partial charge in [0.15, 0.2) is 0 Å². The molecule has 0 aromatic rings. The summed E-state index contributed by atoms with van der Waals surface area (Å²) in [7, 11) is 3.90. The highest BCUT2D eigenvalue weighted by Gasteiger charge is 2.20. The number of carbonyl (C=O) groups is 1. The Morgan fingerprint density at radius 1 is 1.41 bits per heavy atom. The molecule has 1 rings (SSSR count). The molecule has 100 valence electrons. The van der Waals surface area contributed by atoms with Crippen LogP contribution in [-0.4, -0.2) is 62.5 Å². The van der Waals surface area contributed by atoms with Gasteiger partial charge in [0, 0.05) is 13.1 Å². The minimum atomic E-state index is 0.266. The number of piperidine rings is 1. The molecule has 1 N–H and O–H groups in total. The number of hydrogen-bond donors (Lipinski definition) is 1. The van der Waals surface area contributed by atoms with E-state index < -0.39 is 0 Å². The van der Waals surface area contributed by atoms with E-state index in [4.69, 9.17) is 0 Å². The summed E-state index contributed by atoms with van der Waals surface area (Å²) < 4.78 is 0. The first-order chi connectivity index (χ1) is 8.13. The van der Waals surface area contributed by atoms with Crippen LogP contribution in [-0.2, 0) is 4.79 Å². The molecule has 1 aliphatic rings. The van der Waals surface area contributed by atoms with Gasteiger partial charge in [-0.2, -0.15) is 0 Å². The second kappa shape index (κ2) is 7.67. The zero-order valence-corrected chi connectivity index (χ0v) is 11.5. The lowest BCUT2D eigenvalue weighted by molar-refractivity contribution is -0.132. The van der Waals surface area contributed by atoms with Crippen LogP contribution in [0, 0.1) is 5.92 Å². The summed E-state index contributed by atoms with van der Waals surface area (Å²) >= 11 is 0. The summed E-state index contributed by atoms with van der Waals surface area (Å²) in [6.45, 7) is 6.68. The van der Waals surface area contributed by atoms with E-state index in [1.54, 1.807) is 0 Å². The van der Waals surface area contributed by atoms with Crippen LogP contribution in [0.4, 0.5) is 0 Å². The first-order valence-electron chi connectivity index (χ1n) is 6.76. The molecule has 4 nitrogen and oxygen atoms in total. The van der Waals surface area contributed by atoms with Gasteiger partial charge in [-0.1, -0.05) is 6.92 Å². The van der Waals surface area contributed by atoms with Gasteiger partial charge in [-0.05, 0) is 52.4 Å². The summed E-state index contributed by atoms with van der Waals surface area (Å²) in [6, 6.07) is 0.